The summed E-state index contributed by atoms with van der Waals surface area (Å²) in [6.07, 6.45) is 0.906. The summed E-state index contributed by atoms with van der Waals surface area (Å²) in [5, 5.41) is 12.3. The Bertz CT molecular complexity index is 377. The number of para-hydroxylation sites is 1. The van der Waals surface area contributed by atoms with Gasteiger partial charge in [-0.25, -0.2) is 0 Å². The first-order valence-corrected chi connectivity index (χ1v) is 5.89. The molecule has 0 aliphatic heterocycles. The highest BCUT2D eigenvalue weighted by Gasteiger charge is 2.15. The van der Waals surface area contributed by atoms with E-state index in [1.807, 2.05) is 19.1 Å². The Labute approximate surface area is 102 Å². The zero-order valence-corrected chi connectivity index (χ0v) is 10.3. The Hall–Kier alpha value is -1.39. The van der Waals surface area contributed by atoms with Crippen LogP contribution in [-0.4, -0.2) is 17.1 Å². The third-order valence-corrected chi connectivity index (χ3v) is 2.61. The summed E-state index contributed by atoms with van der Waals surface area (Å²) in [6, 6.07) is 6.68. The molecule has 4 heteroatoms. The van der Waals surface area contributed by atoms with Gasteiger partial charge in [0.15, 0.2) is 0 Å². The molecule has 1 amide bonds. The topological polar surface area (TPSA) is 75.4 Å². The second kappa shape index (κ2) is 6.37. The molecule has 1 aromatic rings. The first-order chi connectivity index (χ1) is 8.06. The molecule has 0 spiro atoms. The zero-order chi connectivity index (χ0) is 12.8. The molecule has 17 heavy (non-hydrogen) atoms. The molecule has 0 aliphatic rings. The molecule has 0 bridgehead atoms. The van der Waals surface area contributed by atoms with Gasteiger partial charge in [-0.3, -0.25) is 4.79 Å². The molecule has 0 fully saturated rings. The van der Waals surface area contributed by atoms with E-state index in [0.717, 1.165) is 6.42 Å². The number of aliphatic hydroxyl groups excluding tert-OH is 1. The number of carbonyl (C=O) groups is 1. The lowest BCUT2D eigenvalue weighted by molar-refractivity contribution is -0.117. The predicted molar refractivity (Wildman–Crippen MR) is 68.6 cm³/mol. The standard InChI is InChI=1S/C13H20N2O2/c1-3-6-11(14)13(17)15-12-8-5-4-7-10(12)9(2)16/h4-5,7-9,11,16H,3,6,14H2,1-2H3,(H,15,17)/t9?,11-/m1/s1. The monoisotopic (exact) mass is 236 g/mol. The highest BCUT2D eigenvalue weighted by atomic mass is 16.3. The van der Waals surface area contributed by atoms with Crippen LogP contribution in [0.5, 0.6) is 0 Å². The van der Waals surface area contributed by atoms with Crippen molar-refractivity contribution in [3.8, 4) is 0 Å². The van der Waals surface area contributed by atoms with E-state index in [0.29, 0.717) is 17.7 Å². The van der Waals surface area contributed by atoms with Crippen molar-refractivity contribution in [1.29, 1.82) is 0 Å². The lowest BCUT2D eigenvalue weighted by atomic mass is 10.1. The largest absolute Gasteiger partial charge is 0.389 e. The van der Waals surface area contributed by atoms with Gasteiger partial charge >= 0.3 is 0 Å². The molecule has 0 saturated carbocycles. The number of amides is 1. The van der Waals surface area contributed by atoms with Crippen LogP contribution in [0.3, 0.4) is 0 Å². The van der Waals surface area contributed by atoms with Crippen molar-refractivity contribution < 1.29 is 9.90 Å². The second-order valence-electron chi connectivity index (χ2n) is 4.15. The molecule has 1 unspecified atom stereocenters. The fraction of sp³-hybridized carbons (Fsp3) is 0.462. The van der Waals surface area contributed by atoms with Gasteiger partial charge in [0.2, 0.25) is 5.91 Å². The number of hydrogen-bond donors (Lipinski definition) is 3. The van der Waals surface area contributed by atoms with Gasteiger partial charge < -0.3 is 16.2 Å². The predicted octanol–water partition coefficient (Wildman–Crippen LogP) is 1.81. The summed E-state index contributed by atoms with van der Waals surface area (Å²) in [5.74, 6) is -0.208. The van der Waals surface area contributed by atoms with Gasteiger partial charge in [-0.2, -0.15) is 0 Å². The summed E-state index contributed by atoms with van der Waals surface area (Å²) < 4.78 is 0. The minimum absolute atomic E-state index is 0.208. The second-order valence-corrected chi connectivity index (χ2v) is 4.15. The Morgan fingerprint density at radius 1 is 1.47 bits per heavy atom. The van der Waals surface area contributed by atoms with Crippen LogP contribution in [-0.2, 0) is 4.79 Å². The Balaban J connectivity index is 2.77. The number of nitrogens with one attached hydrogen (secondary N) is 1. The number of nitrogens with two attached hydrogens (primary N) is 1. The van der Waals surface area contributed by atoms with Crippen LogP contribution in [0.2, 0.25) is 0 Å². The van der Waals surface area contributed by atoms with E-state index in [1.54, 1.807) is 19.1 Å². The zero-order valence-electron chi connectivity index (χ0n) is 10.3. The van der Waals surface area contributed by atoms with Gasteiger partial charge in [0.25, 0.3) is 0 Å². The average Bonchev–Trinajstić information content (AvgIpc) is 2.29. The summed E-state index contributed by atoms with van der Waals surface area (Å²) >= 11 is 0. The summed E-state index contributed by atoms with van der Waals surface area (Å²) in [6.45, 7) is 3.65. The first-order valence-electron chi connectivity index (χ1n) is 5.89. The quantitative estimate of drug-likeness (QED) is 0.729. The van der Waals surface area contributed by atoms with Crippen molar-refractivity contribution in [3.63, 3.8) is 0 Å². The number of rotatable bonds is 5. The normalized spacial score (nSPS) is 14.1. The van der Waals surface area contributed by atoms with Crippen LogP contribution in [0.25, 0.3) is 0 Å². The molecule has 1 rings (SSSR count). The molecule has 0 radical (unpaired) electrons. The summed E-state index contributed by atoms with van der Waals surface area (Å²) in [7, 11) is 0. The van der Waals surface area contributed by atoms with E-state index in [4.69, 9.17) is 5.73 Å². The summed E-state index contributed by atoms with van der Waals surface area (Å²) in [4.78, 5) is 11.8. The Morgan fingerprint density at radius 2 is 2.12 bits per heavy atom. The van der Waals surface area contributed by atoms with E-state index >= 15 is 0 Å². The van der Waals surface area contributed by atoms with E-state index in [2.05, 4.69) is 5.32 Å². The van der Waals surface area contributed by atoms with Gasteiger partial charge in [-0.1, -0.05) is 31.5 Å². The van der Waals surface area contributed by atoms with E-state index < -0.39 is 12.1 Å². The van der Waals surface area contributed by atoms with Crippen molar-refractivity contribution in [2.24, 2.45) is 5.73 Å². The number of benzene rings is 1. The number of carbonyl (C=O) groups excluding carboxylic acids is 1. The average molecular weight is 236 g/mol. The molecule has 2 atom stereocenters. The van der Waals surface area contributed by atoms with Crippen molar-refractivity contribution in [2.45, 2.75) is 38.8 Å². The highest BCUT2D eigenvalue weighted by molar-refractivity contribution is 5.95. The van der Waals surface area contributed by atoms with Gasteiger partial charge in [0, 0.05) is 11.3 Å². The van der Waals surface area contributed by atoms with E-state index in [1.165, 1.54) is 0 Å². The lowest BCUT2D eigenvalue weighted by Crippen LogP contribution is -2.35. The molecule has 4 N–H and O–H groups in total. The van der Waals surface area contributed by atoms with Gasteiger partial charge in [0.1, 0.15) is 0 Å². The maximum absolute atomic E-state index is 11.8. The van der Waals surface area contributed by atoms with Crippen molar-refractivity contribution >= 4 is 11.6 Å². The van der Waals surface area contributed by atoms with Gasteiger partial charge in [-0.15, -0.1) is 0 Å². The third kappa shape index (κ3) is 3.84. The van der Waals surface area contributed by atoms with Crippen LogP contribution in [0.15, 0.2) is 24.3 Å². The van der Waals surface area contributed by atoms with Crippen LogP contribution >= 0.6 is 0 Å². The van der Waals surface area contributed by atoms with Crippen molar-refractivity contribution in [2.75, 3.05) is 5.32 Å². The maximum atomic E-state index is 11.8. The molecular weight excluding hydrogens is 216 g/mol. The Morgan fingerprint density at radius 3 is 2.71 bits per heavy atom. The van der Waals surface area contributed by atoms with E-state index in [9.17, 15) is 9.90 Å². The maximum Gasteiger partial charge on any atom is 0.241 e. The van der Waals surface area contributed by atoms with Crippen molar-refractivity contribution in [1.82, 2.24) is 0 Å². The first kappa shape index (κ1) is 13.7. The molecule has 1 aromatic carbocycles. The van der Waals surface area contributed by atoms with Gasteiger partial charge in [0.05, 0.1) is 12.1 Å². The number of hydrogen-bond acceptors (Lipinski definition) is 3. The highest BCUT2D eigenvalue weighted by Crippen LogP contribution is 2.22. The molecule has 0 aromatic heterocycles. The van der Waals surface area contributed by atoms with Crippen LogP contribution in [0.1, 0.15) is 38.4 Å². The molecule has 0 saturated heterocycles. The van der Waals surface area contributed by atoms with Crippen LogP contribution in [0.4, 0.5) is 5.69 Å². The smallest absolute Gasteiger partial charge is 0.241 e. The SMILES string of the molecule is CCC[C@@H](N)C(=O)Nc1ccccc1C(C)O. The molecule has 4 nitrogen and oxygen atoms in total. The minimum atomic E-state index is -0.617. The fourth-order valence-electron chi connectivity index (χ4n) is 1.64. The third-order valence-electron chi connectivity index (χ3n) is 2.61. The van der Waals surface area contributed by atoms with Gasteiger partial charge in [-0.05, 0) is 19.4 Å². The number of aliphatic hydroxyl groups is 1. The number of anilines is 1. The molecular formula is C13H20N2O2. The minimum Gasteiger partial charge on any atom is -0.389 e. The summed E-state index contributed by atoms with van der Waals surface area (Å²) in [5.41, 5.74) is 7.05. The lowest BCUT2D eigenvalue weighted by Gasteiger charge is -2.15. The van der Waals surface area contributed by atoms with Crippen LogP contribution < -0.4 is 11.1 Å². The molecule has 94 valence electrons. The molecule has 0 heterocycles. The Kier molecular flexibility index (Phi) is 5.12. The fourth-order valence-corrected chi connectivity index (χ4v) is 1.64. The van der Waals surface area contributed by atoms with Crippen LogP contribution in [0, 0.1) is 0 Å². The van der Waals surface area contributed by atoms with Crippen molar-refractivity contribution in [3.05, 3.63) is 29.8 Å². The molecule has 0 aliphatic carbocycles. The van der Waals surface area contributed by atoms with E-state index in [-0.39, 0.29) is 5.91 Å².